The number of ketones is 2. The van der Waals surface area contributed by atoms with E-state index in [-0.39, 0.29) is 83.8 Å². The van der Waals surface area contributed by atoms with Crippen LogP contribution in [0.5, 0.6) is 23.0 Å². The molecule has 0 atom stereocenters. The second-order valence-corrected chi connectivity index (χ2v) is 38.6. The van der Waals surface area contributed by atoms with E-state index in [9.17, 15) is 47.9 Å². The van der Waals surface area contributed by atoms with Crippen LogP contribution in [0.4, 0.5) is 34.1 Å². The molecule has 0 bridgehead atoms. The number of carbonyl (C=O) groups is 10. The first-order valence-electron chi connectivity index (χ1n) is 50.8. The van der Waals surface area contributed by atoms with Gasteiger partial charge in [0.25, 0.3) is 11.8 Å². The van der Waals surface area contributed by atoms with Gasteiger partial charge >= 0.3 is 11.9 Å². The van der Waals surface area contributed by atoms with Gasteiger partial charge in [-0.2, -0.15) is 0 Å². The fraction of sp³-hybridized carbons (Fsp3) is 0.362. The SMILES string of the molecule is CCc1cccc(N(CC)C(=O)Cn2c(C(=O)CC3CCC(C(=O)NCCCCCCCCNC(=O)c4ccc5c(c4)C(=O)OC54c5ccc(N)cc5Oc5cc(N)ccc54)CC3)cc3ccccc32)c1.CCc1cccc(N(CC)C(=O)Cn2c(C(=O)CC3CCC(C(=O)NCCCCCCCCNC(=O)c4ccc5c(c4)C4(OC5=O)c5ccc(N)cc5Oc5cc(N)ccc54)CC3)cc3ccccc32)c1. The number of likely N-dealkylation sites (N-methyl/N-ethyl adjacent to an activating group) is 2. The van der Waals surface area contributed by atoms with Crippen LogP contribution >= 0.6 is 0 Å². The van der Waals surface area contributed by atoms with E-state index < -0.39 is 23.1 Å². The van der Waals surface area contributed by atoms with Crippen molar-refractivity contribution in [3.63, 3.8) is 0 Å². The first-order valence-corrected chi connectivity index (χ1v) is 50.8. The van der Waals surface area contributed by atoms with Crippen LogP contribution in [0.25, 0.3) is 21.8 Å². The minimum absolute atomic E-state index is 0.0370. The van der Waals surface area contributed by atoms with Crippen molar-refractivity contribution in [3.05, 3.63) is 297 Å². The summed E-state index contributed by atoms with van der Waals surface area (Å²) in [6.45, 7) is 11.7. The maximum absolute atomic E-state index is 14.0. The first kappa shape index (κ1) is 98.8. The maximum atomic E-state index is 14.0. The van der Waals surface area contributed by atoms with Gasteiger partial charge in [0, 0.05) is 189 Å². The van der Waals surface area contributed by atoms with Gasteiger partial charge in [0.15, 0.2) is 22.8 Å². The Kier molecular flexibility index (Phi) is 30.8. The Morgan fingerprint density at radius 3 is 1.12 bits per heavy atom. The molecule has 2 aliphatic carbocycles. The molecular weight excluding hydrogens is 1790 g/mol. The van der Waals surface area contributed by atoms with Crippen LogP contribution in [0.3, 0.4) is 0 Å². The number of nitrogens with zero attached hydrogens (tertiary/aromatic N) is 4. The average Bonchev–Trinajstić information content (AvgIpc) is 1.50. The fourth-order valence-electron chi connectivity index (χ4n) is 21.6. The third-order valence-corrected chi connectivity index (χ3v) is 29.3. The molecule has 12 N–H and O–H groups in total. The molecule has 6 amide bonds. The molecule has 4 aliphatic heterocycles. The van der Waals surface area contributed by atoms with Crippen molar-refractivity contribution in [1.29, 1.82) is 0 Å². The number of unbranched alkanes of at least 4 members (excludes halogenated alkanes) is 10. The zero-order chi connectivity index (χ0) is 99.3. The van der Waals surface area contributed by atoms with E-state index in [4.69, 9.17) is 41.9 Å². The minimum atomic E-state index is -1.34. The van der Waals surface area contributed by atoms with Crippen LogP contribution in [0.15, 0.2) is 218 Å². The summed E-state index contributed by atoms with van der Waals surface area (Å²) in [4.78, 5) is 139. The van der Waals surface area contributed by atoms with Gasteiger partial charge < -0.3 is 82.1 Å². The Morgan fingerprint density at radius 2 is 0.718 bits per heavy atom. The molecule has 26 nitrogen and oxygen atoms in total. The molecule has 12 aromatic rings. The van der Waals surface area contributed by atoms with Gasteiger partial charge in [-0.3, -0.25) is 38.4 Å². The van der Waals surface area contributed by atoms with E-state index in [0.717, 1.165) is 174 Å². The van der Waals surface area contributed by atoms with Crippen LogP contribution in [0.1, 0.15) is 276 Å². The summed E-state index contributed by atoms with van der Waals surface area (Å²) >= 11 is 0. The fourth-order valence-corrected chi connectivity index (χ4v) is 21.6. The summed E-state index contributed by atoms with van der Waals surface area (Å²) in [7, 11) is 0. The van der Waals surface area contributed by atoms with E-state index in [2.05, 4.69) is 59.4 Å². The van der Waals surface area contributed by atoms with Crippen LogP contribution in [-0.2, 0) is 65.8 Å². The van der Waals surface area contributed by atoms with Gasteiger partial charge in [0.1, 0.15) is 36.1 Å². The summed E-state index contributed by atoms with van der Waals surface area (Å²) in [6, 6.07) is 66.7. The Balaban J connectivity index is 0.000000195. The van der Waals surface area contributed by atoms with Gasteiger partial charge in [0.05, 0.1) is 22.5 Å². The third kappa shape index (κ3) is 21.3. The highest BCUT2D eigenvalue weighted by Gasteiger charge is 2.56. The van der Waals surface area contributed by atoms with Crippen molar-refractivity contribution in [2.45, 2.75) is 206 Å². The molecule has 6 aliphatic rings. The molecule has 0 saturated heterocycles. The Morgan fingerprint density at radius 1 is 0.359 bits per heavy atom. The largest absolute Gasteiger partial charge is 0.456 e. The Labute approximate surface area is 828 Å². The number of nitrogens with one attached hydrogen (secondary N) is 4. The predicted octanol–water partition coefficient (Wildman–Crippen LogP) is 20.5. The molecule has 2 fully saturated rings. The molecule has 10 aromatic carbocycles. The average molecular weight is 1910 g/mol. The van der Waals surface area contributed by atoms with Crippen molar-refractivity contribution >= 4 is 115 Å². The molecule has 6 heterocycles. The number of Topliss-reactive ketones (excluding diaryl/α,β-unsaturated/α-hetero) is 2. The van der Waals surface area contributed by atoms with E-state index in [0.29, 0.717) is 165 Å². The molecule has 142 heavy (non-hydrogen) atoms. The molecule has 0 radical (unpaired) electrons. The summed E-state index contributed by atoms with van der Waals surface area (Å²) < 4.78 is 28.6. The lowest BCUT2D eigenvalue weighted by Gasteiger charge is -2.36. The van der Waals surface area contributed by atoms with Gasteiger partial charge in [-0.25, -0.2) is 9.59 Å². The number of nitrogens with two attached hydrogens (primary N) is 4. The number of rotatable bonds is 38. The molecule has 18 rings (SSSR count). The van der Waals surface area contributed by atoms with Crippen LogP contribution in [-0.4, -0.2) is 107 Å². The summed E-state index contributed by atoms with van der Waals surface area (Å²) in [5.74, 6) is 0.750. The number of esters is 2. The summed E-state index contributed by atoms with van der Waals surface area (Å²) in [6.07, 6.45) is 20.3. The van der Waals surface area contributed by atoms with Crippen molar-refractivity contribution in [2.75, 3.05) is 72.0 Å². The Bertz CT molecular complexity index is 6670. The standard InChI is InChI=1S/2C58H64N6O7/c1-3-37-14-13-16-44(30-37)63(4-2)54(66)36-64-49-17-10-9-15-40(49)33-50(64)51(65)31-38-18-20-39(21-19-38)55(67)61-28-11-7-5-6-8-12-29-62-56(68)41-22-25-46-45(32-41)57(69)71-58(46)47-26-23-42(59)34-52(47)70-53-35-43(60)24-27-48(53)58;1-3-37-14-13-16-44(30-37)63(4-2)54(66)36-64-49-17-10-9-15-40(49)33-50(64)51(65)31-38-18-20-39(21-19-38)55(67)61-28-11-7-5-6-8-12-29-62-56(68)41-22-25-45-48(32-41)58(71-57(45)69)46-26-23-42(59)34-52(46)70-53-35-43(60)24-27-47(53)58/h2*9-10,13-17,22-27,30,32-35,38-39H,3-8,11-12,18-21,28-29,31,36,59-60H2,1-2H3,(H,61,67)(H,62,68). The highest BCUT2D eigenvalue weighted by molar-refractivity contribution is 6.06. The number of hydrogen-bond donors (Lipinski definition) is 8. The lowest BCUT2D eigenvalue weighted by atomic mass is 9.77. The molecule has 2 aromatic heterocycles. The van der Waals surface area contributed by atoms with E-state index in [1.165, 1.54) is 11.1 Å². The second-order valence-electron chi connectivity index (χ2n) is 38.6. The molecule has 2 spiro atoms. The summed E-state index contributed by atoms with van der Waals surface area (Å²) in [5.41, 5.74) is 35.9. The number of anilines is 6. The minimum Gasteiger partial charge on any atom is -0.456 e. The number of carbonyl (C=O) groups excluding carboxylic acids is 10. The van der Waals surface area contributed by atoms with Gasteiger partial charge in [-0.05, 0) is 254 Å². The maximum Gasteiger partial charge on any atom is 0.340 e. The number of nitrogen functional groups attached to an aromatic ring is 4. The van der Waals surface area contributed by atoms with Crippen molar-refractivity contribution < 1.29 is 66.9 Å². The number of ether oxygens (including phenoxy) is 4. The topological polar surface area (TPSA) is 376 Å². The van der Waals surface area contributed by atoms with E-state index in [1.807, 2.05) is 108 Å². The zero-order valence-corrected chi connectivity index (χ0v) is 81.5. The Hall–Kier alpha value is -14.8. The smallest absolute Gasteiger partial charge is 0.340 e. The zero-order valence-electron chi connectivity index (χ0n) is 81.5. The lowest BCUT2D eigenvalue weighted by molar-refractivity contribution is -0.127. The summed E-state index contributed by atoms with van der Waals surface area (Å²) in [5, 5.41) is 14.2. The van der Waals surface area contributed by atoms with Crippen molar-refractivity contribution in [1.82, 2.24) is 30.4 Å². The molecule has 0 unspecified atom stereocenters. The highest BCUT2D eigenvalue weighted by Crippen LogP contribution is 2.59. The predicted molar refractivity (Wildman–Crippen MR) is 553 cm³/mol. The van der Waals surface area contributed by atoms with Crippen molar-refractivity contribution in [3.8, 4) is 23.0 Å². The number of hydrogen-bond acceptors (Lipinski definition) is 18. The number of aryl methyl sites for hydroxylation is 2. The molecule has 736 valence electrons. The van der Waals surface area contributed by atoms with Gasteiger partial charge in [0.2, 0.25) is 23.6 Å². The number of amides is 6. The third-order valence-electron chi connectivity index (χ3n) is 29.3. The van der Waals surface area contributed by atoms with Crippen LogP contribution < -0.4 is 63.5 Å². The molecular formula is C116H128N12O14. The number of benzene rings is 10. The van der Waals surface area contributed by atoms with Crippen LogP contribution in [0.2, 0.25) is 0 Å². The quantitative estimate of drug-likeness (QED) is 0.00771. The monoisotopic (exact) mass is 1910 g/mol. The number of fused-ring (bicyclic) bond motifs is 14. The van der Waals surface area contributed by atoms with Gasteiger partial charge in [-0.15, -0.1) is 0 Å². The van der Waals surface area contributed by atoms with Crippen LogP contribution in [0, 0.1) is 23.7 Å². The second kappa shape index (κ2) is 44.3. The molecule has 2 saturated carbocycles. The van der Waals surface area contributed by atoms with E-state index >= 15 is 0 Å². The highest BCUT2D eigenvalue weighted by atomic mass is 16.6. The molecule has 26 heteroatoms. The van der Waals surface area contributed by atoms with Gasteiger partial charge in [-0.1, -0.05) is 132 Å². The van der Waals surface area contributed by atoms with Crippen molar-refractivity contribution in [2.24, 2.45) is 23.7 Å². The first-order chi connectivity index (χ1) is 68.9. The normalized spacial score (nSPS) is 16.3. The number of para-hydroxylation sites is 2. The lowest BCUT2D eigenvalue weighted by Crippen LogP contribution is -2.35. The number of aromatic nitrogens is 2. The van der Waals surface area contributed by atoms with E-state index in [1.54, 1.807) is 119 Å².